The molecule has 2 amide bonds. The number of rotatable bonds is 6. The zero-order chi connectivity index (χ0) is 15.9. The van der Waals surface area contributed by atoms with Gasteiger partial charge in [-0.3, -0.25) is 0 Å². The number of anilines is 1. The third-order valence-corrected chi connectivity index (χ3v) is 3.13. The third kappa shape index (κ3) is 4.60. The van der Waals surface area contributed by atoms with Gasteiger partial charge < -0.3 is 20.2 Å². The molecular weight excluding hydrogens is 282 g/mol. The van der Waals surface area contributed by atoms with Crippen LogP contribution >= 0.6 is 0 Å². The normalized spacial score (nSPS) is 12.2. The summed E-state index contributed by atoms with van der Waals surface area (Å²) >= 11 is 0. The molecule has 0 radical (unpaired) electrons. The number of hydrogen-bond acceptors (Lipinski definition) is 4. The molecule has 1 aromatic heterocycles. The summed E-state index contributed by atoms with van der Waals surface area (Å²) in [4.78, 5) is 16.0. The van der Waals surface area contributed by atoms with Crippen LogP contribution in [0.25, 0.3) is 11.5 Å². The van der Waals surface area contributed by atoms with E-state index in [1.807, 2.05) is 26.0 Å². The fraction of sp³-hybridized carbons (Fsp3) is 0.375. The van der Waals surface area contributed by atoms with Crippen LogP contribution in [-0.4, -0.2) is 28.8 Å². The number of urea groups is 1. The second-order valence-corrected chi connectivity index (χ2v) is 5.52. The molecule has 1 unspecified atom stereocenters. The van der Waals surface area contributed by atoms with Gasteiger partial charge in [-0.05, 0) is 36.6 Å². The Balaban J connectivity index is 1.91. The molecular formula is C16H21N3O3. The van der Waals surface area contributed by atoms with Gasteiger partial charge in [0.25, 0.3) is 0 Å². The van der Waals surface area contributed by atoms with Crippen molar-refractivity contribution in [2.45, 2.75) is 26.3 Å². The fourth-order valence-electron chi connectivity index (χ4n) is 2.16. The minimum atomic E-state index is -0.330. The van der Waals surface area contributed by atoms with Gasteiger partial charge in [0.2, 0.25) is 5.89 Å². The molecule has 0 aliphatic carbocycles. The smallest absolute Gasteiger partial charge is 0.319 e. The Bertz CT molecular complexity index is 579. The number of aliphatic hydroxyl groups excluding tert-OH is 1. The molecule has 1 atom stereocenters. The Morgan fingerprint density at radius 3 is 2.59 bits per heavy atom. The maximum absolute atomic E-state index is 11.9. The minimum Gasteiger partial charge on any atom is -0.445 e. The molecule has 0 bridgehead atoms. The highest BCUT2D eigenvalue weighted by Gasteiger charge is 2.13. The molecule has 0 aliphatic heterocycles. The van der Waals surface area contributed by atoms with Crippen molar-refractivity contribution in [3.8, 4) is 11.5 Å². The maximum atomic E-state index is 11.9. The van der Waals surface area contributed by atoms with E-state index in [2.05, 4.69) is 15.6 Å². The van der Waals surface area contributed by atoms with Crippen LogP contribution in [0, 0.1) is 5.92 Å². The first-order valence-electron chi connectivity index (χ1n) is 7.26. The summed E-state index contributed by atoms with van der Waals surface area (Å²) in [6, 6.07) is 6.61. The van der Waals surface area contributed by atoms with E-state index < -0.39 is 0 Å². The molecule has 0 fully saturated rings. The van der Waals surface area contributed by atoms with E-state index in [1.54, 1.807) is 18.3 Å². The van der Waals surface area contributed by atoms with E-state index in [1.165, 1.54) is 6.26 Å². The lowest BCUT2D eigenvalue weighted by Crippen LogP contribution is -2.40. The highest BCUT2D eigenvalue weighted by Crippen LogP contribution is 2.19. The van der Waals surface area contributed by atoms with Gasteiger partial charge in [-0.15, -0.1) is 0 Å². The highest BCUT2D eigenvalue weighted by molar-refractivity contribution is 5.89. The average molecular weight is 303 g/mol. The number of hydrogen-bond donors (Lipinski definition) is 3. The number of benzene rings is 1. The molecule has 1 aromatic carbocycles. The predicted molar refractivity (Wildman–Crippen MR) is 84.4 cm³/mol. The number of aliphatic hydroxyl groups is 1. The molecule has 6 heteroatoms. The Hall–Kier alpha value is -2.34. The standard InChI is InChI=1S/C16H21N3O3/c1-11(2)9-14(10-20)19-16(21)18-13-5-3-12(4-6-13)15-17-7-8-22-15/h3-8,11,14,20H,9-10H2,1-2H3,(H2,18,19,21). The average Bonchev–Trinajstić information content (AvgIpc) is 3.01. The summed E-state index contributed by atoms with van der Waals surface area (Å²) in [5.74, 6) is 0.936. The van der Waals surface area contributed by atoms with Crippen molar-refractivity contribution < 1.29 is 14.3 Å². The largest absolute Gasteiger partial charge is 0.445 e. The zero-order valence-electron chi connectivity index (χ0n) is 12.7. The first-order chi connectivity index (χ1) is 10.6. The lowest BCUT2D eigenvalue weighted by atomic mass is 10.0. The van der Waals surface area contributed by atoms with Crippen molar-refractivity contribution in [1.29, 1.82) is 0 Å². The van der Waals surface area contributed by atoms with Crippen molar-refractivity contribution in [1.82, 2.24) is 10.3 Å². The molecule has 0 saturated carbocycles. The van der Waals surface area contributed by atoms with Crippen molar-refractivity contribution in [3.63, 3.8) is 0 Å². The van der Waals surface area contributed by atoms with E-state index in [0.29, 0.717) is 17.5 Å². The Morgan fingerprint density at radius 1 is 1.32 bits per heavy atom. The van der Waals surface area contributed by atoms with Crippen LogP contribution < -0.4 is 10.6 Å². The summed E-state index contributed by atoms with van der Waals surface area (Å²) in [6.45, 7) is 4.02. The van der Waals surface area contributed by atoms with Crippen LogP contribution in [0.5, 0.6) is 0 Å². The maximum Gasteiger partial charge on any atom is 0.319 e. The third-order valence-electron chi connectivity index (χ3n) is 3.13. The van der Waals surface area contributed by atoms with Crippen LogP contribution in [-0.2, 0) is 0 Å². The van der Waals surface area contributed by atoms with Gasteiger partial charge in [0.1, 0.15) is 6.26 Å². The van der Waals surface area contributed by atoms with Gasteiger partial charge in [0, 0.05) is 11.3 Å². The number of nitrogens with zero attached hydrogens (tertiary/aromatic N) is 1. The Labute approximate surface area is 129 Å². The van der Waals surface area contributed by atoms with Crippen LogP contribution in [0.4, 0.5) is 10.5 Å². The van der Waals surface area contributed by atoms with Gasteiger partial charge in [0.15, 0.2) is 0 Å². The number of carbonyl (C=O) groups is 1. The van der Waals surface area contributed by atoms with E-state index in [4.69, 9.17) is 4.42 Å². The molecule has 1 heterocycles. The van der Waals surface area contributed by atoms with Crippen molar-refractivity contribution >= 4 is 11.7 Å². The molecule has 22 heavy (non-hydrogen) atoms. The summed E-state index contributed by atoms with van der Waals surface area (Å²) in [6.07, 6.45) is 3.82. The summed E-state index contributed by atoms with van der Waals surface area (Å²) in [5.41, 5.74) is 1.50. The van der Waals surface area contributed by atoms with Gasteiger partial charge in [-0.25, -0.2) is 9.78 Å². The Morgan fingerprint density at radius 2 is 2.05 bits per heavy atom. The number of amides is 2. The van der Waals surface area contributed by atoms with E-state index in [-0.39, 0.29) is 18.7 Å². The van der Waals surface area contributed by atoms with Crippen molar-refractivity contribution in [3.05, 3.63) is 36.7 Å². The first-order valence-corrected chi connectivity index (χ1v) is 7.26. The zero-order valence-corrected chi connectivity index (χ0v) is 12.7. The van der Waals surface area contributed by atoms with Crippen LogP contribution in [0.2, 0.25) is 0 Å². The van der Waals surface area contributed by atoms with Gasteiger partial charge in [0.05, 0.1) is 18.8 Å². The molecule has 118 valence electrons. The minimum absolute atomic E-state index is 0.0747. The van der Waals surface area contributed by atoms with Crippen LogP contribution in [0.1, 0.15) is 20.3 Å². The summed E-state index contributed by atoms with van der Waals surface area (Å²) < 4.78 is 5.21. The van der Waals surface area contributed by atoms with E-state index in [9.17, 15) is 9.90 Å². The van der Waals surface area contributed by atoms with Crippen molar-refractivity contribution in [2.24, 2.45) is 5.92 Å². The first kappa shape index (κ1) is 16.0. The van der Waals surface area contributed by atoms with Crippen molar-refractivity contribution in [2.75, 3.05) is 11.9 Å². The van der Waals surface area contributed by atoms with Crippen LogP contribution in [0.15, 0.2) is 41.1 Å². The molecule has 0 spiro atoms. The Kier molecular flexibility index (Phi) is 5.55. The topological polar surface area (TPSA) is 87.4 Å². The SMILES string of the molecule is CC(C)CC(CO)NC(=O)Nc1ccc(-c2ncco2)cc1. The molecule has 0 saturated heterocycles. The summed E-state index contributed by atoms with van der Waals surface area (Å²) in [7, 11) is 0. The van der Waals surface area contributed by atoms with E-state index >= 15 is 0 Å². The quantitative estimate of drug-likeness (QED) is 0.765. The summed E-state index contributed by atoms with van der Waals surface area (Å²) in [5, 5.41) is 14.8. The second kappa shape index (κ2) is 7.61. The highest BCUT2D eigenvalue weighted by atomic mass is 16.3. The second-order valence-electron chi connectivity index (χ2n) is 5.52. The molecule has 6 nitrogen and oxygen atoms in total. The fourth-order valence-corrected chi connectivity index (χ4v) is 2.16. The van der Waals surface area contributed by atoms with Gasteiger partial charge >= 0.3 is 6.03 Å². The molecule has 2 rings (SSSR count). The molecule has 2 aromatic rings. The van der Waals surface area contributed by atoms with Crippen LogP contribution in [0.3, 0.4) is 0 Å². The molecule has 0 aliphatic rings. The number of oxazole rings is 1. The van der Waals surface area contributed by atoms with E-state index in [0.717, 1.165) is 12.0 Å². The number of carbonyl (C=O) groups excluding carboxylic acids is 1. The lowest BCUT2D eigenvalue weighted by Gasteiger charge is -2.18. The monoisotopic (exact) mass is 303 g/mol. The predicted octanol–water partition coefficient (Wildman–Crippen LogP) is 2.87. The molecule has 3 N–H and O–H groups in total. The lowest BCUT2D eigenvalue weighted by molar-refractivity contribution is 0.214. The number of nitrogens with one attached hydrogen (secondary N) is 2. The van der Waals surface area contributed by atoms with Gasteiger partial charge in [-0.1, -0.05) is 13.8 Å². The number of aromatic nitrogens is 1. The van der Waals surface area contributed by atoms with Gasteiger partial charge in [-0.2, -0.15) is 0 Å².